The summed E-state index contributed by atoms with van der Waals surface area (Å²) < 4.78 is 22.4. The van der Waals surface area contributed by atoms with Gasteiger partial charge in [0.15, 0.2) is 0 Å². The van der Waals surface area contributed by atoms with Crippen LogP contribution in [0.2, 0.25) is 0 Å². The van der Waals surface area contributed by atoms with Gasteiger partial charge in [-0.25, -0.2) is 13.6 Å². The fraction of sp³-hybridized carbons (Fsp3) is 0.625. The van der Waals surface area contributed by atoms with Gasteiger partial charge in [-0.1, -0.05) is 26.0 Å². The number of nitrogens with two attached hydrogens (primary N) is 1. The van der Waals surface area contributed by atoms with E-state index in [1.807, 2.05) is 12.1 Å². The Bertz CT molecular complexity index is 554. The Morgan fingerprint density at radius 1 is 1.19 bits per heavy atom. The summed E-state index contributed by atoms with van der Waals surface area (Å²) in [5.74, 6) is 0. The molecule has 5 heteroatoms. The molecule has 1 aromatic carbocycles. The fourth-order valence-corrected chi connectivity index (χ4v) is 3.39. The lowest BCUT2D eigenvalue weighted by molar-refractivity contribution is 0.207. The molecule has 3 N–H and O–H groups in total. The van der Waals surface area contributed by atoms with Gasteiger partial charge in [0.2, 0.25) is 10.0 Å². The van der Waals surface area contributed by atoms with Crippen LogP contribution in [-0.4, -0.2) is 21.0 Å². The van der Waals surface area contributed by atoms with Crippen molar-refractivity contribution in [1.29, 1.82) is 0 Å². The van der Waals surface area contributed by atoms with E-state index in [1.54, 1.807) is 12.1 Å². The van der Waals surface area contributed by atoms with Crippen LogP contribution < -0.4 is 10.5 Å². The molecule has 2 rings (SSSR count). The predicted molar refractivity (Wildman–Crippen MR) is 85.6 cm³/mol. The van der Waals surface area contributed by atoms with E-state index < -0.39 is 10.0 Å². The number of nitrogens with one attached hydrogen (secondary N) is 1. The fourth-order valence-electron chi connectivity index (χ4n) is 2.87. The van der Waals surface area contributed by atoms with Gasteiger partial charge in [0.1, 0.15) is 0 Å². The van der Waals surface area contributed by atoms with Crippen LogP contribution in [0.3, 0.4) is 0 Å². The molecule has 1 aliphatic carbocycles. The molecule has 0 heterocycles. The molecule has 118 valence electrons. The lowest BCUT2D eigenvalue weighted by Gasteiger charge is -2.34. The van der Waals surface area contributed by atoms with Crippen molar-refractivity contribution in [1.82, 2.24) is 5.32 Å². The Balaban J connectivity index is 1.77. The van der Waals surface area contributed by atoms with Gasteiger partial charge in [-0.15, -0.1) is 0 Å². The maximum atomic E-state index is 11.2. The first kappa shape index (κ1) is 16.5. The zero-order valence-electron chi connectivity index (χ0n) is 12.9. The standard InChI is InChI=1S/C16H26N2O2S/c1-16(2)10-7-14(8-11-16)18-12-9-13-3-5-15(6-4-13)21(17,19)20/h3-6,14,18H,7-12H2,1-2H3,(H2,17,19,20). The molecule has 0 spiro atoms. The third kappa shape index (κ3) is 5.09. The van der Waals surface area contributed by atoms with Gasteiger partial charge in [-0.3, -0.25) is 0 Å². The maximum Gasteiger partial charge on any atom is 0.238 e. The molecule has 0 atom stereocenters. The highest BCUT2D eigenvalue weighted by Crippen LogP contribution is 2.34. The van der Waals surface area contributed by atoms with Crippen LogP contribution in [-0.2, 0) is 16.4 Å². The van der Waals surface area contributed by atoms with E-state index in [0.29, 0.717) is 11.5 Å². The van der Waals surface area contributed by atoms with Gasteiger partial charge in [-0.05, 0) is 61.8 Å². The van der Waals surface area contributed by atoms with E-state index in [4.69, 9.17) is 5.14 Å². The Hall–Kier alpha value is -0.910. The molecule has 21 heavy (non-hydrogen) atoms. The van der Waals surface area contributed by atoms with Crippen LogP contribution in [0, 0.1) is 5.41 Å². The Labute approximate surface area is 128 Å². The highest BCUT2D eigenvalue weighted by atomic mass is 32.2. The summed E-state index contributed by atoms with van der Waals surface area (Å²) >= 11 is 0. The van der Waals surface area contributed by atoms with E-state index in [9.17, 15) is 8.42 Å². The van der Waals surface area contributed by atoms with Crippen molar-refractivity contribution in [3.05, 3.63) is 29.8 Å². The number of sulfonamides is 1. The molecule has 0 bridgehead atoms. The lowest BCUT2D eigenvalue weighted by Crippen LogP contribution is -2.36. The summed E-state index contributed by atoms with van der Waals surface area (Å²) in [4.78, 5) is 0.175. The van der Waals surface area contributed by atoms with E-state index in [0.717, 1.165) is 18.5 Å². The van der Waals surface area contributed by atoms with Crippen LogP contribution in [0.4, 0.5) is 0 Å². The van der Waals surface area contributed by atoms with E-state index in [1.165, 1.54) is 25.7 Å². The monoisotopic (exact) mass is 310 g/mol. The first-order chi connectivity index (χ1) is 9.76. The van der Waals surface area contributed by atoms with Crippen LogP contribution in [0.15, 0.2) is 29.2 Å². The average Bonchev–Trinajstić information content (AvgIpc) is 2.40. The summed E-state index contributed by atoms with van der Waals surface area (Å²) in [6.07, 6.45) is 5.97. The topological polar surface area (TPSA) is 72.2 Å². The first-order valence-corrected chi connectivity index (χ1v) is 9.16. The molecule has 1 fully saturated rings. The molecule has 0 aromatic heterocycles. The van der Waals surface area contributed by atoms with Crippen LogP contribution in [0.5, 0.6) is 0 Å². The second-order valence-electron chi connectivity index (χ2n) is 6.83. The van der Waals surface area contributed by atoms with Crippen LogP contribution in [0.1, 0.15) is 45.1 Å². The Morgan fingerprint density at radius 3 is 2.29 bits per heavy atom. The van der Waals surface area contributed by atoms with Gasteiger partial charge in [0.05, 0.1) is 4.90 Å². The molecule has 0 aliphatic heterocycles. The quantitative estimate of drug-likeness (QED) is 0.877. The van der Waals surface area contributed by atoms with Crippen molar-refractivity contribution in [2.24, 2.45) is 10.6 Å². The summed E-state index contributed by atoms with van der Waals surface area (Å²) in [5.41, 5.74) is 1.63. The van der Waals surface area contributed by atoms with Gasteiger partial charge in [0, 0.05) is 6.04 Å². The minimum absolute atomic E-state index is 0.175. The molecule has 0 radical (unpaired) electrons. The molecule has 4 nitrogen and oxygen atoms in total. The van der Waals surface area contributed by atoms with Crippen molar-refractivity contribution in [3.63, 3.8) is 0 Å². The third-order valence-electron chi connectivity index (χ3n) is 4.44. The van der Waals surface area contributed by atoms with Crippen molar-refractivity contribution in [2.45, 2.75) is 56.9 Å². The highest BCUT2D eigenvalue weighted by Gasteiger charge is 2.26. The third-order valence-corrected chi connectivity index (χ3v) is 5.37. The summed E-state index contributed by atoms with van der Waals surface area (Å²) in [5, 5.41) is 8.70. The van der Waals surface area contributed by atoms with Gasteiger partial charge in [0.25, 0.3) is 0 Å². The summed E-state index contributed by atoms with van der Waals surface area (Å²) in [6, 6.07) is 7.46. The Kier molecular flexibility index (Phi) is 5.07. The number of primary sulfonamides is 1. The summed E-state index contributed by atoms with van der Waals surface area (Å²) in [6.45, 7) is 5.62. The molecular weight excluding hydrogens is 284 g/mol. The molecule has 1 saturated carbocycles. The van der Waals surface area contributed by atoms with Gasteiger partial charge in [-0.2, -0.15) is 0 Å². The minimum Gasteiger partial charge on any atom is -0.314 e. The number of benzene rings is 1. The smallest absolute Gasteiger partial charge is 0.238 e. The van der Waals surface area contributed by atoms with E-state index in [-0.39, 0.29) is 4.90 Å². The molecule has 0 unspecified atom stereocenters. The molecular formula is C16H26N2O2S. The maximum absolute atomic E-state index is 11.2. The highest BCUT2D eigenvalue weighted by molar-refractivity contribution is 7.89. The van der Waals surface area contributed by atoms with E-state index in [2.05, 4.69) is 19.2 Å². The number of hydrogen-bond donors (Lipinski definition) is 2. The SMILES string of the molecule is CC1(C)CCC(NCCc2ccc(S(N)(=O)=O)cc2)CC1. The number of hydrogen-bond acceptors (Lipinski definition) is 3. The van der Waals surface area contributed by atoms with Gasteiger partial charge >= 0.3 is 0 Å². The number of rotatable bonds is 5. The zero-order chi connectivity index (χ0) is 15.5. The second kappa shape index (κ2) is 6.46. The van der Waals surface area contributed by atoms with Crippen molar-refractivity contribution >= 4 is 10.0 Å². The molecule has 1 aliphatic rings. The first-order valence-electron chi connectivity index (χ1n) is 7.61. The zero-order valence-corrected chi connectivity index (χ0v) is 13.7. The summed E-state index contributed by atoms with van der Waals surface area (Å²) in [7, 11) is -3.58. The van der Waals surface area contributed by atoms with E-state index >= 15 is 0 Å². The molecule has 0 amide bonds. The van der Waals surface area contributed by atoms with Crippen molar-refractivity contribution in [2.75, 3.05) is 6.54 Å². The lowest BCUT2D eigenvalue weighted by atomic mass is 9.75. The molecule has 0 saturated heterocycles. The molecule has 1 aromatic rings. The largest absolute Gasteiger partial charge is 0.314 e. The minimum atomic E-state index is -3.58. The van der Waals surface area contributed by atoms with Crippen molar-refractivity contribution < 1.29 is 8.42 Å². The van der Waals surface area contributed by atoms with Crippen LogP contribution in [0.25, 0.3) is 0 Å². The predicted octanol–water partition coefficient (Wildman–Crippen LogP) is 2.43. The Morgan fingerprint density at radius 2 is 1.76 bits per heavy atom. The average molecular weight is 310 g/mol. The van der Waals surface area contributed by atoms with Crippen molar-refractivity contribution in [3.8, 4) is 0 Å². The van der Waals surface area contributed by atoms with Crippen LogP contribution >= 0.6 is 0 Å². The van der Waals surface area contributed by atoms with Gasteiger partial charge < -0.3 is 5.32 Å². The normalized spacial score (nSPS) is 19.6. The second-order valence-corrected chi connectivity index (χ2v) is 8.39.